The van der Waals surface area contributed by atoms with Gasteiger partial charge in [0.05, 0.1) is 12.2 Å². The predicted molar refractivity (Wildman–Crippen MR) is 59.8 cm³/mol. The molecule has 0 aliphatic heterocycles. The Bertz CT molecular complexity index is 184. The monoisotopic (exact) mass is 213 g/mol. The Morgan fingerprint density at radius 3 is 2.47 bits per heavy atom. The normalized spacial score (nSPS) is 41.2. The fourth-order valence-corrected chi connectivity index (χ4v) is 2.61. The zero-order valence-corrected chi connectivity index (χ0v) is 9.61. The number of hydrogen-bond donors (Lipinski definition) is 2. The SMILES string of the molecule is COC1CC(NCC2CCC(O)CC2)C1. The number of rotatable bonds is 4. The number of aliphatic hydroxyl groups is 1. The first-order valence-corrected chi connectivity index (χ1v) is 6.22. The Kier molecular flexibility index (Phi) is 4.00. The van der Waals surface area contributed by atoms with E-state index in [9.17, 15) is 5.11 Å². The molecule has 0 heterocycles. The van der Waals surface area contributed by atoms with Crippen LogP contribution in [0, 0.1) is 5.92 Å². The number of methoxy groups -OCH3 is 1. The molecule has 3 heteroatoms. The van der Waals surface area contributed by atoms with Crippen molar-refractivity contribution in [3.05, 3.63) is 0 Å². The van der Waals surface area contributed by atoms with Crippen LogP contribution < -0.4 is 5.32 Å². The van der Waals surface area contributed by atoms with E-state index in [1.54, 1.807) is 7.11 Å². The molecule has 15 heavy (non-hydrogen) atoms. The lowest BCUT2D eigenvalue weighted by molar-refractivity contribution is 0.0152. The molecule has 0 spiro atoms. The van der Waals surface area contributed by atoms with Gasteiger partial charge in [0, 0.05) is 13.2 Å². The van der Waals surface area contributed by atoms with Crippen LogP contribution in [-0.2, 0) is 4.74 Å². The van der Waals surface area contributed by atoms with Crippen molar-refractivity contribution in [1.82, 2.24) is 5.32 Å². The molecule has 3 nitrogen and oxygen atoms in total. The molecule has 0 unspecified atom stereocenters. The summed E-state index contributed by atoms with van der Waals surface area (Å²) in [6.45, 7) is 1.13. The van der Waals surface area contributed by atoms with Crippen LogP contribution in [0.15, 0.2) is 0 Å². The molecular formula is C12H23NO2. The van der Waals surface area contributed by atoms with Gasteiger partial charge in [-0.25, -0.2) is 0 Å². The number of hydrogen-bond acceptors (Lipinski definition) is 3. The lowest BCUT2D eigenvalue weighted by Crippen LogP contribution is -2.46. The molecule has 2 aliphatic rings. The minimum Gasteiger partial charge on any atom is -0.393 e. The molecule has 0 aromatic heterocycles. The third-order valence-electron chi connectivity index (χ3n) is 3.94. The number of ether oxygens (including phenoxy) is 1. The average molecular weight is 213 g/mol. The maximum atomic E-state index is 9.39. The molecule has 0 amide bonds. The smallest absolute Gasteiger partial charge is 0.0601 e. The topological polar surface area (TPSA) is 41.5 Å². The number of aliphatic hydroxyl groups excluding tert-OH is 1. The summed E-state index contributed by atoms with van der Waals surface area (Å²) in [5.41, 5.74) is 0. The molecule has 0 aromatic rings. The second-order valence-corrected chi connectivity index (χ2v) is 5.11. The first-order valence-electron chi connectivity index (χ1n) is 6.22. The fourth-order valence-electron chi connectivity index (χ4n) is 2.61. The Labute approximate surface area is 92.2 Å². The van der Waals surface area contributed by atoms with E-state index in [4.69, 9.17) is 4.74 Å². The summed E-state index contributed by atoms with van der Waals surface area (Å²) >= 11 is 0. The zero-order chi connectivity index (χ0) is 10.7. The van der Waals surface area contributed by atoms with Gasteiger partial charge in [-0.1, -0.05) is 0 Å². The van der Waals surface area contributed by atoms with E-state index in [0.29, 0.717) is 12.1 Å². The van der Waals surface area contributed by atoms with Gasteiger partial charge < -0.3 is 15.2 Å². The lowest BCUT2D eigenvalue weighted by atomic mass is 9.85. The van der Waals surface area contributed by atoms with Crippen LogP contribution in [-0.4, -0.2) is 37.0 Å². The molecule has 2 aliphatic carbocycles. The molecular weight excluding hydrogens is 190 g/mol. The van der Waals surface area contributed by atoms with Crippen molar-refractivity contribution in [2.24, 2.45) is 5.92 Å². The third kappa shape index (κ3) is 3.16. The Morgan fingerprint density at radius 2 is 1.87 bits per heavy atom. The molecule has 0 atom stereocenters. The van der Waals surface area contributed by atoms with Gasteiger partial charge in [-0.15, -0.1) is 0 Å². The third-order valence-corrected chi connectivity index (χ3v) is 3.94. The summed E-state index contributed by atoms with van der Waals surface area (Å²) in [6, 6.07) is 0.682. The standard InChI is InChI=1S/C12H23NO2/c1-15-12-6-10(7-12)13-8-9-2-4-11(14)5-3-9/h9-14H,2-8H2,1H3. The van der Waals surface area contributed by atoms with E-state index in [1.807, 2.05) is 0 Å². The first-order chi connectivity index (χ1) is 7.28. The molecule has 2 N–H and O–H groups in total. The van der Waals surface area contributed by atoms with Crippen molar-refractivity contribution in [3.8, 4) is 0 Å². The molecule has 2 rings (SSSR count). The van der Waals surface area contributed by atoms with Crippen LogP contribution in [0.3, 0.4) is 0 Å². The van der Waals surface area contributed by atoms with Crippen LogP contribution >= 0.6 is 0 Å². The zero-order valence-electron chi connectivity index (χ0n) is 9.61. The first kappa shape index (κ1) is 11.4. The molecule has 88 valence electrons. The van der Waals surface area contributed by atoms with E-state index >= 15 is 0 Å². The van der Waals surface area contributed by atoms with Gasteiger partial charge in [-0.2, -0.15) is 0 Å². The maximum Gasteiger partial charge on any atom is 0.0601 e. The minimum absolute atomic E-state index is 0.0252. The van der Waals surface area contributed by atoms with Gasteiger partial charge in [0.1, 0.15) is 0 Å². The van der Waals surface area contributed by atoms with Crippen molar-refractivity contribution >= 4 is 0 Å². The summed E-state index contributed by atoms with van der Waals surface area (Å²) in [7, 11) is 1.80. The van der Waals surface area contributed by atoms with E-state index in [1.165, 1.54) is 25.7 Å². The molecule has 0 aromatic carbocycles. The quantitative estimate of drug-likeness (QED) is 0.739. The molecule has 0 saturated heterocycles. The highest BCUT2D eigenvalue weighted by atomic mass is 16.5. The van der Waals surface area contributed by atoms with Crippen LogP contribution in [0.2, 0.25) is 0 Å². The average Bonchev–Trinajstić information content (AvgIpc) is 2.19. The van der Waals surface area contributed by atoms with Gasteiger partial charge in [0.15, 0.2) is 0 Å². The summed E-state index contributed by atoms with van der Waals surface area (Å²) in [6.07, 6.45) is 7.19. The Balaban J connectivity index is 1.55. The minimum atomic E-state index is -0.0252. The van der Waals surface area contributed by atoms with Crippen molar-refractivity contribution in [1.29, 1.82) is 0 Å². The van der Waals surface area contributed by atoms with E-state index in [-0.39, 0.29) is 6.10 Å². The second-order valence-electron chi connectivity index (χ2n) is 5.11. The van der Waals surface area contributed by atoms with E-state index in [2.05, 4.69) is 5.32 Å². The highest BCUT2D eigenvalue weighted by molar-refractivity contribution is 4.86. The molecule has 0 bridgehead atoms. The Hall–Kier alpha value is -0.120. The highest BCUT2D eigenvalue weighted by Crippen LogP contribution is 2.26. The van der Waals surface area contributed by atoms with E-state index in [0.717, 1.165) is 25.3 Å². The van der Waals surface area contributed by atoms with Gasteiger partial charge in [-0.3, -0.25) is 0 Å². The van der Waals surface area contributed by atoms with Crippen LogP contribution in [0.25, 0.3) is 0 Å². The number of nitrogens with one attached hydrogen (secondary N) is 1. The lowest BCUT2D eigenvalue weighted by Gasteiger charge is -2.36. The molecule has 2 fully saturated rings. The molecule has 2 saturated carbocycles. The fraction of sp³-hybridized carbons (Fsp3) is 1.00. The van der Waals surface area contributed by atoms with Crippen LogP contribution in [0.1, 0.15) is 38.5 Å². The maximum absolute atomic E-state index is 9.39. The summed E-state index contributed by atoms with van der Waals surface area (Å²) in [5, 5.41) is 13.0. The highest BCUT2D eigenvalue weighted by Gasteiger charge is 2.29. The largest absolute Gasteiger partial charge is 0.393 e. The van der Waals surface area contributed by atoms with Crippen molar-refractivity contribution in [2.45, 2.75) is 56.8 Å². The second kappa shape index (κ2) is 5.28. The summed E-state index contributed by atoms with van der Waals surface area (Å²) in [5.74, 6) is 0.787. The summed E-state index contributed by atoms with van der Waals surface area (Å²) in [4.78, 5) is 0. The van der Waals surface area contributed by atoms with Gasteiger partial charge >= 0.3 is 0 Å². The van der Waals surface area contributed by atoms with Crippen molar-refractivity contribution in [3.63, 3.8) is 0 Å². The van der Waals surface area contributed by atoms with Gasteiger partial charge in [0.2, 0.25) is 0 Å². The van der Waals surface area contributed by atoms with Gasteiger partial charge in [0.25, 0.3) is 0 Å². The van der Waals surface area contributed by atoms with E-state index < -0.39 is 0 Å². The summed E-state index contributed by atoms with van der Waals surface area (Å²) < 4.78 is 5.25. The van der Waals surface area contributed by atoms with Crippen molar-refractivity contribution in [2.75, 3.05) is 13.7 Å². The van der Waals surface area contributed by atoms with Crippen molar-refractivity contribution < 1.29 is 9.84 Å². The van der Waals surface area contributed by atoms with Crippen LogP contribution in [0.5, 0.6) is 0 Å². The van der Waals surface area contributed by atoms with Gasteiger partial charge in [-0.05, 0) is 51.0 Å². The van der Waals surface area contributed by atoms with Crippen LogP contribution in [0.4, 0.5) is 0 Å². The molecule has 0 radical (unpaired) electrons. The Morgan fingerprint density at radius 1 is 1.20 bits per heavy atom. The predicted octanol–water partition coefficient (Wildman–Crippen LogP) is 1.30.